The van der Waals surface area contributed by atoms with Crippen molar-refractivity contribution in [1.29, 1.82) is 0 Å². The summed E-state index contributed by atoms with van der Waals surface area (Å²) in [6.45, 7) is 2.33. The number of likely N-dealkylation sites (tertiary alicyclic amines) is 1. The van der Waals surface area contributed by atoms with Crippen LogP contribution in [0, 0.1) is 0 Å². The van der Waals surface area contributed by atoms with E-state index in [4.69, 9.17) is 4.74 Å². The Morgan fingerprint density at radius 3 is 2.34 bits per heavy atom. The van der Waals surface area contributed by atoms with Crippen LogP contribution in [-0.2, 0) is 22.1 Å². The van der Waals surface area contributed by atoms with Crippen LogP contribution in [0.1, 0.15) is 66.8 Å². The monoisotopic (exact) mass is 446 g/mol. The van der Waals surface area contributed by atoms with E-state index in [1.54, 1.807) is 0 Å². The zero-order valence-electron chi connectivity index (χ0n) is 18.1. The predicted molar refractivity (Wildman–Crippen MR) is 115 cm³/mol. The molecule has 0 saturated carbocycles. The number of pyridine rings is 1. The summed E-state index contributed by atoms with van der Waals surface area (Å²) < 4.78 is 43.7. The number of hydrogen-bond donors (Lipinski definition) is 0. The van der Waals surface area contributed by atoms with Gasteiger partial charge in [0.05, 0.1) is 11.7 Å². The van der Waals surface area contributed by atoms with E-state index in [9.17, 15) is 18.0 Å². The molecule has 2 aliphatic rings. The minimum absolute atomic E-state index is 0.221. The summed E-state index contributed by atoms with van der Waals surface area (Å²) in [6, 6.07) is 9.28. The molecule has 1 atom stereocenters. The molecule has 1 aromatic carbocycles. The van der Waals surface area contributed by atoms with E-state index in [0.29, 0.717) is 18.8 Å². The number of halogens is 3. The highest BCUT2D eigenvalue weighted by atomic mass is 19.4. The standard InChI is InChI=1S/C25H29F3N2O2/c26-25(27,28)21-6-3-18(4-7-21)16-19-5-9-23(29-17-19)20-11-13-30(14-12-20)24(31)10-8-22-2-1-15-32-22/h3-7,9,17,20,22H,1-2,8,10-16H2. The van der Waals surface area contributed by atoms with E-state index in [1.165, 1.54) is 12.1 Å². The van der Waals surface area contributed by atoms with Gasteiger partial charge in [-0.2, -0.15) is 13.2 Å². The molecule has 2 saturated heterocycles. The second kappa shape index (κ2) is 10.0. The first-order chi connectivity index (χ1) is 15.4. The smallest absolute Gasteiger partial charge is 0.378 e. The Morgan fingerprint density at radius 2 is 1.75 bits per heavy atom. The fourth-order valence-electron chi connectivity index (χ4n) is 4.57. The molecule has 2 fully saturated rings. The third-order valence-electron chi connectivity index (χ3n) is 6.51. The molecule has 2 aromatic rings. The van der Waals surface area contributed by atoms with Gasteiger partial charge in [0.1, 0.15) is 0 Å². The largest absolute Gasteiger partial charge is 0.416 e. The first-order valence-electron chi connectivity index (χ1n) is 11.4. The van der Waals surface area contributed by atoms with Crippen molar-refractivity contribution in [1.82, 2.24) is 9.88 Å². The maximum atomic E-state index is 12.7. The summed E-state index contributed by atoms with van der Waals surface area (Å²) in [4.78, 5) is 19.1. The lowest BCUT2D eigenvalue weighted by Crippen LogP contribution is -2.38. The minimum Gasteiger partial charge on any atom is -0.378 e. The summed E-state index contributed by atoms with van der Waals surface area (Å²) in [5, 5.41) is 0. The second-order valence-electron chi connectivity index (χ2n) is 8.79. The summed E-state index contributed by atoms with van der Waals surface area (Å²) >= 11 is 0. The van der Waals surface area contributed by atoms with E-state index in [1.807, 2.05) is 23.2 Å². The van der Waals surface area contributed by atoms with Crippen molar-refractivity contribution >= 4 is 5.91 Å². The van der Waals surface area contributed by atoms with Gasteiger partial charge in [-0.3, -0.25) is 9.78 Å². The lowest BCUT2D eigenvalue weighted by molar-refractivity contribution is -0.137. The first-order valence-corrected chi connectivity index (χ1v) is 11.4. The van der Waals surface area contributed by atoms with Gasteiger partial charge in [-0.25, -0.2) is 0 Å². The van der Waals surface area contributed by atoms with Crippen LogP contribution in [0.15, 0.2) is 42.6 Å². The Balaban J connectivity index is 1.25. The quantitative estimate of drug-likeness (QED) is 0.600. The number of piperidine rings is 1. The number of rotatable bonds is 6. The number of hydrogen-bond acceptors (Lipinski definition) is 3. The predicted octanol–water partition coefficient (Wildman–Crippen LogP) is 5.36. The third-order valence-corrected chi connectivity index (χ3v) is 6.51. The molecule has 32 heavy (non-hydrogen) atoms. The summed E-state index contributed by atoms with van der Waals surface area (Å²) in [5.74, 6) is 0.552. The zero-order chi connectivity index (χ0) is 22.6. The summed E-state index contributed by atoms with van der Waals surface area (Å²) in [7, 11) is 0. The fraction of sp³-hybridized carbons (Fsp3) is 0.520. The third kappa shape index (κ3) is 5.88. The Hall–Kier alpha value is -2.41. The van der Waals surface area contributed by atoms with Crippen LogP contribution in [0.3, 0.4) is 0 Å². The van der Waals surface area contributed by atoms with Crippen molar-refractivity contribution in [2.45, 2.75) is 63.1 Å². The first kappa shape index (κ1) is 22.8. The van der Waals surface area contributed by atoms with Crippen LogP contribution in [0.25, 0.3) is 0 Å². The number of amides is 1. The van der Waals surface area contributed by atoms with E-state index in [-0.39, 0.29) is 12.0 Å². The molecule has 172 valence electrons. The Bertz CT molecular complexity index is 883. The van der Waals surface area contributed by atoms with Crippen molar-refractivity contribution < 1.29 is 22.7 Å². The Kier molecular flexibility index (Phi) is 7.13. The van der Waals surface area contributed by atoms with Crippen LogP contribution in [0.4, 0.5) is 13.2 Å². The van der Waals surface area contributed by atoms with E-state index in [0.717, 1.165) is 80.8 Å². The number of nitrogens with zero attached hydrogens (tertiary/aromatic N) is 2. The van der Waals surface area contributed by atoms with Crippen molar-refractivity contribution in [3.8, 4) is 0 Å². The lowest BCUT2D eigenvalue weighted by atomic mass is 9.92. The van der Waals surface area contributed by atoms with E-state index < -0.39 is 11.7 Å². The average Bonchev–Trinajstić information content (AvgIpc) is 3.32. The molecule has 7 heteroatoms. The lowest BCUT2D eigenvalue weighted by Gasteiger charge is -2.32. The average molecular weight is 447 g/mol. The molecule has 4 rings (SSSR count). The molecule has 0 aliphatic carbocycles. The number of benzene rings is 1. The zero-order valence-corrected chi connectivity index (χ0v) is 18.1. The highest BCUT2D eigenvalue weighted by Gasteiger charge is 2.30. The summed E-state index contributed by atoms with van der Waals surface area (Å²) in [6.07, 6.45) is 3.64. The van der Waals surface area contributed by atoms with Gasteiger partial charge in [0.25, 0.3) is 0 Å². The number of carbonyl (C=O) groups is 1. The molecule has 1 unspecified atom stereocenters. The van der Waals surface area contributed by atoms with E-state index >= 15 is 0 Å². The Labute approximate surface area is 186 Å². The Morgan fingerprint density at radius 1 is 1.03 bits per heavy atom. The molecule has 2 aliphatic heterocycles. The van der Waals surface area contributed by atoms with Gasteiger partial charge in [0.2, 0.25) is 5.91 Å². The van der Waals surface area contributed by atoms with Gasteiger partial charge >= 0.3 is 6.18 Å². The van der Waals surface area contributed by atoms with Crippen molar-refractivity contribution in [2.75, 3.05) is 19.7 Å². The van der Waals surface area contributed by atoms with Crippen molar-refractivity contribution in [2.24, 2.45) is 0 Å². The molecular formula is C25H29F3N2O2. The highest BCUT2D eigenvalue weighted by molar-refractivity contribution is 5.76. The SMILES string of the molecule is O=C(CCC1CCCO1)N1CCC(c2ccc(Cc3ccc(C(F)(F)F)cc3)cn2)CC1. The minimum atomic E-state index is -4.31. The summed E-state index contributed by atoms with van der Waals surface area (Å²) in [5.41, 5.74) is 2.18. The van der Waals surface area contributed by atoms with Gasteiger partial charge in [-0.05, 0) is 67.9 Å². The van der Waals surface area contributed by atoms with Gasteiger partial charge < -0.3 is 9.64 Å². The van der Waals surface area contributed by atoms with Crippen LogP contribution in [0.2, 0.25) is 0 Å². The van der Waals surface area contributed by atoms with Crippen molar-refractivity contribution in [3.63, 3.8) is 0 Å². The van der Waals surface area contributed by atoms with Gasteiger partial charge in [0.15, 0.2) is 0 Å². The maximum absolute atomic E-state index is 12.7. The number of alkyl halides is 3. The maximum Gasteiger partial charge on any atom is 0.416 e. The van der Waals surface area contributed by atoms with Crippen LogP contribution in [-0.4, -0.2) is 41.6 Å². The van der Waals surface area contributed by atoms with Crippen LogP contribution in [0.5, 0.6) is 0 Å². The molecule has 4 nitrogen and oxygen atoms in total. The van der Waals surface area contributed by atoms with Crippen LogP contribution < -0.4 is 0 Å². The van der Waals surface area contributed by atoms with Crippen molar-refractivity contribution in [3.05, 3.63) is 65.0 Å². The second-order valence-corrected chi connectivity index (χ2v) is 8.79. The van der Waals surface area contributed by atoms with Gasteiger partial charge in [0, 0.05) is 43.9 Å². The molecule has 0 N–H and O–H groups in total. The molecule has 0 spiro atoms. The van der Waals surface area contributed by atoms with Gasteiger partial charge in [-0.1, -0.05) is 18.2 Å². The highest BCUT2D eigenvalue weighted by Crippen LogP contribution is 2.30. The molecular weight excluding hydrogens is 417 g/mol. The number of ether oxygens (including phenoxy) is 1. The fourth-order valence-corrected chi connectivity index (χ4v) is 4.57. The molecule has 1 amide bonds. The van der Waals surface area contributed by atoms with Crippen LogP contribution >= 0.6 is 0 Å². The molecule has 0 bridgehead atoms. The molecule has 3 heterocycles. The van der Waals surface area contributed by atoms with Gasteiger partial charge in [-0.15, -0.1) is 0 Å². The molecule has 1 aromatic heterocycles. The normalized spacial score (nSPS) is 20.0. The topological polar surface area (TPSA) is 42.4 Å². The molecule has 0 radical (unpaired) electrons. The van der Waals surface area contributed by atoms with E-state index in [2.05, 4.69) is 4.98 Å². The number of carbonyl (C=O) groups excluding carboxylic acids is 1. The number of aromatic nitrogens is 1.